The molecule has 22 heavy (non-hydrogen) atoms. The molecule has 0 radical (unpaired) electrons. The standard InChI is InChI=1S/C15H24N4O3/c1-6-16-13(20)12-10-9-19(14(21)22-15(2,3)4)8-7-11(10)18(5)17-12/h6-9H2,1-5H3,(H,16,20). The number of aromatic nitrogens is 2. The molecule has 0 saturated heterocycles. The zero-order valence-electron chi connectivity index (χ0n) is 13.9. The van der Waals surface area contributed by atoms with Gasteiger partial charge in [0.1, 0.15) is 5.60 Å². The molecule has 1 N–H and O–H groups in total. The van der Waals surface area contributed by atoms with Gasteiger partial charge in [0.15, 0.2) is 5.69 Å². The van der Waals surface area contributed by atoms with Crippen LogP contribution in [0.25, 0.3) is 0 Å². The smallest absolute Gasteiger partial charge is 0.410 e. The third kappa shape index (κ3) is 3.40. The molecule has 0 aromatic carbocycles. The highest BCUT2D eigenvalue weighted by Crippen LogP contribution is 2.23. The first-order chi connectivity index (χ1) is 10.2. The Morgan fingerprint density at radius 2 is 2.05 bits per heavy atom. The van der Waals surface area contributed by atoms with Crippen LogP contribution in [0.1, 0.15) is 49.4 Å². The summed E-state index contributed by atoms with van der Waals surface area (Å²) in [6.07, 6.45) is 0.307. The topological polar surface area (TPSA) is 76.5 Å². The molecule has 1 aromatic heterocycles. The van der Waals surface area contributed by atoms with Crippen LogP contribution in [0, 0.1) is 0 Å². The van der Waals surface area contributed by atoms with Gasteiger partial charge in [-0.25, -0.2) is 4.79 Å². The number of nitrogens with zero attached hydrogens (tertiary/aromatic N) is 3. The van der Waals surface area contributed by atoms with Gasteiger partial charge < -0.3 is 15.0 Å². The number of amides is 2. The van der Waals surface area contributed by atoms with Crippen molar-refractivity contribution in [3.8, 4) is 0 Å². The number of ether oxygens (including phenoxy) is 1. The lowest BCUT2D eigenvalue weighted by Gasteiger charge is -2.30. The predicted molar refractivity (Wildman–Crippen MR) is 81.6 cm³/mol. The van der Waals surface area contributed by atoms with Crippen LogP contribution in [0.3, 0.4) is 0 Å². The van der Waals surface area contributed by atoms with Gasteiger partial charge in [-0.3, -0.25) is 9.48 Å². The zero-order valence-corrected chi connectivity index (χ0v) is 13.9. The largest absolute Gasteiger partial charge is 0.444 e. The average molecular weight is 308 g/mol. The molecule has 122 valence electrons. The molecule has 2 rings (SSSR count). The third-order valence-electron chi connectivity index (χ3n) is 3.45. The van der Waals surface area contributed by atoms with E-state index >= 15 is 0 Å². The van der Waals surface area contributed by atoms with Crippen molar-refractivity contribution in [3.05, 3.63) is 17.0 Å². The van der Waals surface area contributed by atoms with E-state index in [0.29, 0.717) is 31.7 Å². The molecule has 1 aromatic rings. The number of aryl methyl sites for hydroxylation is 1. The van der Waals surface area contributed by atoms with Gasteiger partial charge in [-0.15, -0.1) is 0 Å². The molecule has 1 aliphatic heterocycles. The fourth-order valence-electron chi connectivity index (χ4n) is 2.50. The fraction of sp³-hybridized carbons (Fsp3) is 0.667. The van der Waals surface area contributed by atoms with Gasteiger partial charge in [-0.1, -0.05) is 0 Å². The van der Waals surface area contributed by atoms with E-state index in [1.165, 1.54) is 0 Å². The van der Waals surface area contributed by atoms with Crippen LogP contribution in [0.2, 0.25) is 0 Å². The minimum atomic E-state index is -0.533. The molecule has 0 aliphatic carbocycles. The molecule has 0 spiro atoms. The first-order valence-corrected chi connectivity index (χ1v) is 7.53. The molecular formula is C15H24N4O3. The maximum atomic E-state index is 12.2. The second-order valence-electron chi connectivity index (χ2n) is 6.41. The normalized spacial score (nSPS) is 14.5. The predicted octanol–water partition coefficient (Wildman–Crippen LogP) is 1.46. The molecule has 0 atom stereocenters. The summed E-state index contributed by atoms with van der Waals surface area (Å²) in [6.45, 7) is 8.83. The minimum Gasteiger partial charge on any atom is -0.444 e. The zero-order chi connectivity index (χ0) is 16.5. The van der Waals surface area contributed by atoms with Crippen molar-refractivity contribution in [2.45, 2.75) is 46.3 Å². The van der Waals surface area contributed by atoms with E-state index in [0.717, 1.165) is 11.3 Å². The van der Waals surface area contributed by atoms with Gasteiger partial charge in [-0.2, -0.15) is 5.10 Å². The molecule has 0 bridgehead atoms. The Kier molecular flexibility index (Phi) is 4.44. The number of carbonyl (C=O) groups excluding carboxylic acids is 2. The molecule has 2 heterocycles. The average Bonchev–Trinajstić information content (AvgIpc) is 2.74. The molecule has 0 fully saturated rings. The molecule has 0 unspecified atom stereocenters. The van der Waals surface area contributed by atoms with Gasteiger partial charge in [0.2, 0.25) is 0 Å². The van der Waals surface area contributed by atoms with Crippen molar-refractivity contribution in [1.29, 1.82) is 0 Å². The quantitative estimate of drug-likeness (QED) is 0.897. The second-order valence-corrected chi connectivity index (χ2v) is 6.41. The number of nitrogens with one attached hydrogen (secondary N) is 1. The van der Waals surface area contributed by atoms with Crippen LogP contribution in [-0.2, 0) is 24.8 Å². The van der Waals surface area contributed by atoms with Crippen LogP contribution in [0.4, 0.5) is 4.79 Å². The molecular weight excluding hydrogens is 284 g/mol. The van der Waals surface area contributed by atoms with Gasteiger partial charge in [0, 0.05) is 37.8 Å². The molecule has 1 aliphatic rings. The van der Waals surface area contributed by atoms with Gasteiger partial charge in [0.05, 0.1) is 6.54 Å². The molecule has 0 saturated carbocycles. The Hall–Kier alpha value is -2.05. The summed E-state index contributed by atoms with van der Waals surface area (Å²) in [6, 6.07) is 0. The Morgan fingerprint density at radius 3 is 2.64 bits per heavy atom. The SMILES string of the molecule is CCNC(=O)c1nn(C)c2c1CN(C(=O)OC(C)(C)C)CC2. The van der Waals surface area contributed by atoms with Crippen molar-refractivity contribution >= 4 is 12.0 Å². The van der Waals surface area contributed by atoms with Crippen molar-refractivity contribution in [3.63, 3.8) is 0 Å². The number of hydrogen-bond acceptors (Lipinski definition) is 4. The molecule has 2 amide bonds. The Labute approximate surface area is 130 Å². The van der Waals surface area contributed by atoms with Gasteiger partial charge in [0.25, 0.3) is 5.91 Å². The Balaban J connectivity index is 2.22. The summed E-state index contributed by atoms with van der Waals surface area (Å²) in [5, 5.41) is 7.06. The third-order valence-corrected chi connectivity index (χ3v) is 3.45. The van der Waals surface area contributed by atoms with E-state index < -0.39 is 5.60 Å². The van der Waals surface area contributed by atoms with Gasteiger partial charge in [-0.05, 0) is 27.7 Å². The van der Waals surface area contributed by atoms with Crippen molar-refractivity contribution < 1.29 is 14.3 Å². The lowest BCUT2D eigenvalue weighted by molar-refractivity contribution is 0.0221. The monoisotopic (exact) mass is 308 g/mol. The number of rotatable bonds is 2. The van der Waals surface area contributed by atoms with E-state index in [1.807, 2.05) is 34.7 Å². The number of carbonyl (C=O) groups is 2. The van der Waals surface area contributed by atoms with E-state index in [2.05, 4.69) is 10.4 Å². The van der Waals surface area contributed by atoms with E-state index in [4.69, 9.17) is 4.74 Å². The van der Waals surface area contributed by atoms with Crippen molar-refractivity contribution in [2.75, 3.05) is 13.1 Å². The molecule has 7 nitrogen and oxygen atoms in total. The van der Waals surface area contributed by atoms with Crippen LogP contribution >= 0.6 is 0 Å². The van der Waals surface area contributed by atoms with Crippen molar-refractivity contribution in [1.82, 2.24) is 20.0 Å². The maximum Gasteiger partial charge on any atom is 0.410 e. The lowest BCUT2D eigenvalue weighted by atomic mass is 10.1. The highest BCUT2D eigenvalue weighted by atomic mass is 16.6. The van der Waals surface area contributed by atoms with E-state index in [1.54, 1.807) is 9.58 Å². The summed E-state index contributed by atoms with van der Waals surface area (Å²) < 4.78 is 7.13. The van der Waals surface area contributed by atoms with Crippen LogP contribution in [-0.4, -0.2) is 45.4 Å². The first kappa shape index (κ1) is 16.3. The fourth-order valence-corrected chi connectivity index (χ4v) is 2.50. The summed E-state index contributed by atoms with van der Waals surface area (Å²) in [5.74, 6) is -0.203. The van der Waals surface area contributed by atoms with E-state index in [-0.39, 0.29) is 12.0 Å². The minimum absolute atomic E-state index is 0.203. The molecule has 7 heteroatoms. The lowest BCUT2D eigenvalue weighted by Crippen LogP contribution is -2.40. The highest BCUT2D eigenvalue weighted by Gasteiger charge is 2.31. The van der Waals surface area contributed by atoms with Crippen LogP contribution in [0.5, 0.6) is 0 Å². The van der Waals surface area contributed by atoms with Crippen LogP contribution in [0.15, 0.2) is 0 Å². The summed E-state index contributed by atoms with van der Waals surface area (Å²) in [4.78, 5) is 25.9. The van der Waals surface area contributed by atoms with E-state index in [9.17, 15) is 9.59 Å². The van der Waals surface area contributed by atoms with Gasteiger partial charge >= 0.3 is 6.09 Å². The van der Waals surface area contributed by atoms with Crippen molar-refractivity contribution in [2.24, 2.45) is 7.05 Å². The maximum absolute atomic E-state index is 12.2. The number of fused-ring (bicyclic) bond motifs is 1. The Morgan fingerprint density at radius 1 is 1.36 bits per heavy atom. The first-order valence-electron chi connectivity index (χ1n) is 7.53. The summed E-state index contributed by atoms with van der Waals surface area (Å²) in [5.41, 5.74) is 1.67. The Bertz CT molecular complexity index is 586. The summed E-state index contributed by atoms with van der Waals surface area (Å²) in [7, 11) is 1.82. The highest BCUT2D eigenvalue weighted by molar-refractivity contribution is 5.94. The summed E-state index contributed by atoms with van der Waals surface area (Å²) >= 11 is 0. The van der Waals surface area contributed by atoms with Crippen LogP contribution < -0.4 is 5.32 Å². The second kappa shape index (κ2) is 5.98. The number of hydrogen-bond donors (Lipinski definition) is 1.